The number of benzene rings is 1. The number of aryl methyl sites for hydroxylation is 2. The summed E-state index contributed by atoms with van der Waals surface area (Å²) in [4.78, 5) is 2.47. The van der Waals surface area contributed by atoms with Crippen molar-refractivity contribution in [2.45, 2.75) is 39.3 Å². The standard InChI is InChI=1S/C17H23ClN4/c1-12-4-3-5-15(10-12)22-8-6-14(7-9-22)19-11-16-17(18)13(2)20-21-16/h3-5,10,14,19H,6-9,11H2,1-2H3,(H,20,21). The van der Waals surface area contributed by atoms with Crippen molar-refractivity contribution in [3.05, 3.63) is 46.2 Å². The summed E-state index contributed by atoms with van der Waals surface area (Å²) in [5, 5.41) is 11.5. The zero-order chi connectivity index (χ0) is 15.5. The molecule has 0 spiro atoms. The van der Waals surface area contributed by atoms with Gasteiger partial charge in [0.15, 0.2) is 0 Å². The second-order valence-corrected chi connectivity index (χ2v) is 6.47. The third kappa shape index (κ3) is 3.45. The maximum atomic E-state index is 6.20. The molecule has 2 N–H and O–H groups in total. The molecule has 0 radical (unpaired) electrons. The minimum Gasteiger partial charge on any atom is -0.371 e. The summed E-state index contributed by atoms with van der Waals surface area (Å²) in [7, 11) is 0. The minimum absolute atomic E-state index is 0.536. The van der Waals surface area contributed by atoms with E-state index < -0.39 is 0 Å². The van der Waals surface area contributed by atoms with Crippen LogP contribution in [0.15, 0.2) is 24.3 Å². The Morgan fingerprint density at radius 2 is 2.09 bits per heavy atom. The van der Waals surface area contributed by atoms with Gasteiger partial charge in [0.25, 0.3) is 0 Å². The van der Waals surface area contributed by atoms with E-state index in [4.69, 9.17) is 11.6 Å². The predicted molar refractivity (Wildman–Crippen MR) is 91.6 cm³/mol. The second kappa shape index (κ2) is 6.71. The Balaban J connectivity index is 1.50. The van der Waals surface area contributed by atoms with Crippen LogP contribution in [0, 0.1) is 13.8 Å². The van der Waals surface area contributed by atoms with Crippen LogP contribution >= 0.6 is 11.6 Å². The Hall–Kier alpha value is -1.52. The van der Waals surface area contributed by atoms with Crippen molar-refractivity contribution < 1.29 is 0 Å². The highest BCUT2D eigenvalue weighted by atomic mass is 35.5. The third-order valence-electron chi connectivity index (χ3n) is 4.36. The molecule has 1 aliphatic heterocycles. The van der Waals surface area contributed by atoms with Crippen LogP contribution in [-0.4, -0.2) is 29.3 Å². The molecule has 2 heterocycles. The molecule has 1 aliphatic rings. The number of hydrogen-bond acceptors (Lipinski definition) is 3. The van der Waals surface area contributed by atoms with Crippen molar-refractivity contribution in [2.24, 2.45) is 0 Å². The van der Waals surface area contributed by atoms with E-state index in [2.05, 4.69) is 51.6 Å². The molecule has 1 fully saturated rings. The zero-order valence-electron chi connectivity index (χ0n) is 13.2. The number of rotatable bonds is 4. The summed E-state index contributed by atoms with van der Waals surface area (Å²) in [6.45, 7) is 7.01. The van der Waals surface area contributed by atoms with Crippen molar-refractivity contribution in [1.29, 1.82) is 0 Å². The van der Waals surface area contributed by atoms with E-state index in [1.807, 2.05) is 6.92 Å². The molecule has 0 unspecified atom stereocenters. The van der Waals surface area contributed by atoms with Gasteiger partial charge >= 0.3 is 0 Å². The Labute approximate surface area is 136 Å². The monoisotopic (exact) mass is 318 g/mol. The molecule has 1 aromatic carbocycles. The molecule has 118 valence electrons. The number of nitrogens with one attached hydrogen (secondary N) is 2. The van der Waals surface area contributed by atoms with Gasteiger partial charge in [-0.2, -0.15) is 5.10 Å². The molecule has 0 amide bonds. The first-order valence-electron chi connectivity index (χ1n) is 7.88. The highest BCUT2D eigenvalue weighted by Gasteiger charge is 2.19. The fourth-order valence-corrected chi connectivity index (χ4v) is 3.14. The van der Waals surface area contributed by atoms with E-state index in [1.54, 1.807) is 0 Å². The van der Waals surface area contributed by atoms with E-state index in [1.165, 1.54) is 11.3 Å². The van der Waals surface area contributed by atoms with Crippen LogP contribution in [0.3, 0.4) is 0 Å². The van der Waals surface area contributed by atoms with Crippen molar-refractivity contribution in [3.63, 3.8) is 0 Å². The van der Waals surface area contributed by atoms with Gasteiger partial charge in [-0.15, -0.1) is 0 Å². The smallest absolute Gasteiger partial charge is 0.0948 e. The van der Waals surface area contributed by atoms with Crippen LogP contribution in [0.2, 0.25) is 5.02 Å². The molecule has 0 aliphatic carbocycles. The molecule has 5 heteroatoms. The Kier molecular flexibility index (Phi) is 4.69. The van der Waals surface area contributed by atoms with Crippen LogP contribution in [0.4, 0.5) is 5.69 Å². The number of nitrogens with zero attached hydrogens (tertiary/aromatic N) is 2. The van der Waals surface area contributed by atoms with Gasteiger partial charge in [0.05, 0.1) is 16.4 Å². The maximum Gasteiger partial charge on any atom is 0.0948 e. The largest absolute Gasteiger partial charge is 0.371 e. The van der Waals surface area contributed by atoms with Crippen LogP contribution < -0.4 is 10.2 Å². The topological polar surface area (TPSA) is 44.0 Å². The summed E-state index contributed by atoms with van der Waals surface area (Å²) >= 11 is 6.20. The van der Waals surface area contributed by atoms with Crippen LogP contribution in [-0.2, 0) is 6.54 Å². The van der Waals surface area contributed by atoms with E-state index in [-0.39, 0.29) is 0 Å². The normalized spacial score (nSPS) is 16.2. The van der Waals surface area contributed by atoms with Gasteiger partial charge < -0.3 is 10.2 Å². The fraction of sp³-hybridized carbons (Fsp3) is 0.471. The van der Waals surface area contributed by atoms with E-state index in [9.17, 15) is 0 Å². The predicted octanol–water partition coefficient (Wildman–Crippen LogP) is 3.44. The molecule has 0 saturated carbocycles. The molecule has 22 heavy (non-hydrogen) atoms. The van der Waals surface area contributed by atoms with Gasteiger partial charge in [-0.05, 0) is 44.4 Å². The lowest BCUT2D eigenvalue weighted by Crippen LogP contribution is -2.42. The lowest BCUT2D eigenvalue weighted by Gasteiger charge is -2.34. The van der Waals surface area contributed by atoms with Crippen molar-refractivity contribution in [1.82, 2.24) is 15.5 Å². The van der Waals surface area contributed by atoms with Crippen molar-refractivity contribution in [3.8, 4) is 0 Å². The van der Waals surface area contributed by atoms with Gasteiger partial charge in [0, 0.05) is 31.4 Å². The van der Waals surface area contributed by atoms with Gasteiger partial charge in [-0.3, -0.25) is 5.10 Å². The summed E-state index contributed by atoms with van der Waals surface area (Å²) in [6.07, 6.45) is 2.30. The molecular weight excluding hydrogens is 296 g/mol. The Bertz CT molecular complexity index is 629. The Morgan fingerprint density at radius 3 is 2.73 bits per heavy atom. The van der Waals surface area contributed by atoms with Gasteiger partial charge in [-0.25, -0.2) is 0 Å². The number of halogens is 1. The van der Waals surface area contributed by atoms with Crippen molar-refractivity contribution in [2.75, 3.05) is 18.0 Å². The fourth-order valence-electron chi connectivity index (χ4n) is 2.99. The number of hydrogen-bond donors (Lipinski definition) is 2. The molecule has 2 aromatic rings. The van der Waals surface area contributed by atoms with Gasteiger partial charge in [0.1, 0.15) is 0 Å². The number of aromatic amines is 1. The van der Waals surface area contributed by atoms with Gasteiger partial charge in [0.2, 0.25) is 0 Å². The third-order valence-corrected chi connectivity index (χ3v) is 4.86. The second-order valence-electron chi connectivity index (χ2n) is 6.09. The highest BCUT2D eigenvalue weighted by Crippen LogP contribution is 2.22. The first-order valence-corrected chi connectivity index (χ1v) is 8.25. The lowest BCUT2D eigenvalue weighted by atomic mass is 10.0. The Morgan fingerprint density at radius 1 is 1.32 bits per heavy atom. The lowest BCUT2D eigenvalue weighted by molar-refractivity contribution is 0.412. The molecule has 4 nitrogen and oxygen atoms in total. The van der Waals surface area contributed by atoms with E-state index in [0.717, 1.165) is 48.9 Å². The number of anilines is 1. The molecule has 3 rings (SSSR count). The molecule has 0 bridgehead atoms. The first-order chi connectivity index (χ1) is 10.6. The average molecular weight is 319 g/mol. The van der Waals surface area contributed by atoms with Crippen molar-refractivity contribution >= 4 is 17.3 Å². The molecular formula is C17H23ClN4. The number of piperidine rings is 1. The zero-order valence-corrected chi connectivity index (χ0v) is 14.0. The van der Waals surface area contributed by atoms with Crippen LogP contribution in [0.1, 0.15) is 29.8 Å². The maximum absolute atomic E-state index is 6.20. The minimum atomic E-state index is 0.536. The highest BCUT2D eigenvalue weighted by molar-refractivity contribution is 6.31. The molecule has 0 atom stereocenters. The summed E-state index contributed by atoms with van der Waals surface area (Å²) in [5.41, 5.74) is 4.51. The van der Waals surface area contributed by atoms with E-state index >= 15 is 0 Å². The van der Waals surface area contributed by atoms with Gasteiger partial charge in [-0.1, -0.05) is 23.7 Å². The summed E-state index contributed by atoms with van der Waals surface area (Å²) in [6, 6.07) is 9.28. The SMILES string of the molecule is Cc1cccc(N2CCC(NCc3n[nH]c(C)c3Cl)CC2)c1. The number of aromatic nitrogens is 2. The van der Waals surface area contributed by atoms with E-state index in [0.29, 0.717) is 6.04 Å². The quantitative estimate of drug-likeness (QED) is 0.907. The molecule has 1 aromatic heterocycles. The number of H-pyrrole nitrogens is 1. The first kappa shape index (κ1) is 15.4. The van der Waals surface area contributed by atoms with Crippen LogP contribution in [0.5, 0.6) is 0 Å². The average Bonchev–Trinajstić information content (AvgIpc) is 2.85. The van der Waals surface area contributed by atoms with Crippen LogP contribution in [0.25, 0.3) is 0 Å². The summed E-state index contributed by atoms with van der Waals surface area (Å²) < 4.78 is 0. The summed E-state index contributed by atoms with van der Waals surface area (Å²) in [5.74, 6) is 0. The molecule has 1 saturated heterocycles.